The second-order valence-corrected chi connectivity index (χ2v) is 10.2. The fourth-order valence-electron chi connectivity index (χ4n) is 5.28. The maximum absolute atomic E-state index is 13.4. The summed E-state index contributed by atoms with van der Waals surface area (Å²) in [6.45, 7) is 6.19. The molecule has 0 bridgehead atoms. The highest BCUT2D eigenvalue weighted by Crippen LogP contribution is 2.31. The topological polar surface area (TPSA) is 61.4 Å². The maximum Gasteiger partial charge on any atom is 0.253 e. The van der Waals surface area contributed by atoms with E-state index in [1.807, 2.05) is 55.5 Å². The molecule has 0 spiro atoms. The molecule has 2 fully saturated rings. The lowest BCUT2D eigenvalue weighted by atomic mass is 9.97. The lowest BCUT2D eigenvalue weighted by Gasteiger charge is -2.33. The van der Waals surface area contributed by atoms with Crippen LogP contribution in [0, 0.1) is 11.8 Å². The second-order valence-electron chi connectivity index (χ2n) is 10.2. The zero-order valence-electron chi connectivity index (χ0n) is 20.7. The van der Waals surface area contributed by atoms with Crippen molar-refractivity contribution in [1.29, 1.82) is 0 Å². The van der Waals surface area contributed by atoms with E-state index in [0.717, 1.165) is 43.6 Å². The average Bonchev–Trinajstić information content (AvgIpc) is 3.38. The number of hydrogen-bond acceptors (Lipinski definition) is 3. The molecule has 0 aromatic heterocycles. The fraction of sp³-hybridized carbons (Fsp3) is 0.517. The van der Waals surface area contributed by atoms with Crippen molar-refractivity contribution in [3.05, 3.63) is 59.7 Å². The Kier molecular flexibility index (Phi) is 8.25. The van der Waals surface area contributed by atoms with E-state index in [1.165, 1.54) is 25.7 Å². The van der Waals surface area contributed by atoms with E-state index in [1.54, 1.807) is 0 Å². The standard InChI is InChI=1S/C29H39N3O2/c1-21-16-18-32(19-17-21)27-14-13-25(31-28(33)15-12-23-8-6-7-9-23)20-26(27)29(34)30-22(2)24-10-4-3-5-11-24/h3-5,10-11,13-14,20-23H,6-9,12,15-19H2,1-2H3,(H,30,34)(H,31,33). The van der Waals surface area contributed by atoms with Gasteiger partial charge in [-0.2, -0.15) is 0 Å². The number of nitrogens with one attached hydrogen (secondary N) is 2. The third-order valence-corrected chi connectivity index (χ3v) is 7.55. The van der Waals surface area contributed by atoms with Gasteiger partial charge in [0.25, 0.3) is 5.91 Å². The van der Waals surface area contributed by atoms with Gasteiger partial charge in [-0.1, -0.05) is 62.9 Å². The predicted octanol–water partition coefficient (Wildman–Crippen LogP) is 6.32. The number of benzene rings is 2. The Balaban J connectivity index is 1.49. The molecule has 1 saturated heterocycles. The van der Waals surface area contributed by atoms with Crippen LogP contribution in [0.2, 0.25) is 0 Å². The third kappa shape index (κ3) is 6.40. The van der Waals surface area contributed by atoms with E-state index in [0.29, 0.717) is 29.5 Å². The van der Waals surface area contributed by atoms with Crippen molar-refractivity contribution < 1.29 is 9.59 Å². The summed E-state index contributed by atoms with van der Waals surface area (Å²) in [5.74, 6) is 1.34. The van der Waals surface area contributed by atoms with Crippen LogP contribution in [-0.2, 0) is 4.79 Å². The van der Waals surface area contributed by atoms with Crippen molar-refractivity contribution in [2.75, 3.05) is 23.3 Å². The highest BCUT2D eigenvalue weighted by atomic mass is 16.2. The molecule has 1 aliphatic carbocycles. The van der Waals surface area contributed by atoms with Gasteiger partial charge in [-0.25, -0.2) is 0 Å². The number of carbonyl (C=O) groups is 2. The number of piperidine rings is 1. The minimum absolute atomic E-state index is 0.0375. The van der Waals surface area contributed by atoms with Crippen LogP contribution in [0.1, 0.15) is 87.2 Å². The van der Waals surface area contributed by atoms with Crippen LogP contribution in [0.5, 0.6) is 0 Å². The van der Waals surface area contributed by atoms with Crippen LogP contribution in [0.15, 0.2) is 48.5 Å². The van der Waals surface area contributed by atoms with E-state index in [9.17, 15) is 9.59 Å². The van der Waals surface area contributed by atoms with Gasteiger partial charge in [-0.05, 0) is 61.8 Å². The molecular weight excluding hydrogens is 422 g/mol. The van der Waals surface area contributed by atoms with Gasteiger partial charge < -0.3 is 15.5 Å². The van der Waals surface area contributed by atoms with Crippen LogP contribution in [0.25, 0.3) is 0 Å². The quantitative estimate of drug-likeness (QED) is 0.483. The Hall–Kier alpha value is -2.82. The molecule has 1 saturated carbocycles. The molecule has 34 heavy (non-hydrogen) atoms. The lowest BCUT2D eigenvalue weighted by Crippen LogP contribution is -2.35. The summed E-state index contributed by atoms with van der Waals surface area (Å²) in [5, 5.41) is 6.21. The monoisotopic (exact) mass is 461 g/mol. The summed E-state index contributed by atoms with van der Waals surface area (Å²) in [4.78, 5) is 28.4. The van der Waals surface area contributed by atoms with E-state index < -0.39 is 0 Å². The van der Waals surface area contributed by atoms with Crippen LogP contribution in [0.4, 0.5) is 11.4 Å². The van der Waals surface area contributed by atoms with E-state index in [4.69, 9.17) is 0 Å². The van der Waals surface area contributed by atoms with Gasteiger partial charge >= 0.3 is 0 Å². The zero-order chi connectivity index (χ0) is 23.9. The van der Waals surface area contributed by atoms with Crippen molar-refractivity contribution in [1.82, 2.24) is 5.32 Å². The fourth-order valence-corrected chi connectivity index (χ4v) is 5.28. The molecule has 2 aromatic rings. The summed E-state index contributed by atoms with van der Waals surface area (Å²) in [5.41, 5.74) is 3.35. The van der Waals surface area contributed by atoms with Gasteiger partial charge in [-0.15, -0.1) is 0 Å². The van der Waals surface area contributed by atoms with Gasteiger partial charge in [0, 0.05) is 30.9 Å². The van der Waals surface area contributed by atoms with Gasteiger partial charge in [0.2, 0.25) is 5.91 Å². The number of hydrogen-bond donors (Lipinski definition) is 2. The Bertz CT molecular complexity index is 961. The molecule has 1 aliphatic heterocycles. The molecule has 5 heteroatoms. The molecule has 2 aliphatic rings. The Morgan fingerprint density at radius 3 is 2.41 bits per heavy atom. The smallest absolute Gasteiger partial charge is 0.253 e. The third-order valence-electron chi connectivity index (χ3n) is 7.55. The number of carbonyl (C=O) groups excluding carboxylic acids is 2. The average molecular weight is 462 g/mol. The summed E-state index contributed by atoms with van der Waals surface area (Å²) in [6, 6.07) is 15.7. The molecule has 2 N–H and O–H groups in total. The van der Waals surface area contributed by atoms with Gasteiger partial charge in [-0.3, -0.25) is 9.59 Å². The molecule has 1 atom stereocenters. The van der Waals surface area contributed by atoms with E-state index >= 15 is 0 Å². The maximum atomic E-state index is 13.4. The molecule has 5 nitrogen and oxygen atoms in total. The Morgan fingerprint density at radius 1 is 1.00 bits per heavy atom. The molecule has 2 amide bonds. The molecule has 0 radical (unpaired) electrons. The molecule has 1 heterocycles. The highest BCUT2D eigenvalue weighted by Gasteiger charge is 2.23. The van der Waals surface area contributed by atoms with E-state index in [-0.39, 0.29) is 17.9 Å². The van der Waals surface area contributed by atoms with Crippen LogP contribution < -0.4 is 15.5 Å². The van der Waals surface area contributed by atoms with Crippen molar-refractivity contribution in [2.24, 2.45) is 11.8 Å². The van der Waals surface area contributed by atoms with Crippen molar-refractivity contribution >= 4 is 23.2 Å². The highest BCUT2D eigenvalue weighted by molar-refractivity contribution is 6.02. The van der Waals surface area contributed by atoms with Crippen LogP contribution in [0.3, 0.4) is 0 Å². The number of anilines is 2. The number of nitrogens with zero attached hydrogens (tertiary/aromatic N) is 1. The second kappa shape index (κ2) is 11.5. The first-order chi connectivity index (χ1) is 16.5. The predicted molar refractivity (Wildman–Crippen MR) is 139 cm³/mol. The minimum atomic E-state index is -0.105. The lowest BCUT2D eigenvalue weighted by molar-refractivity contribution is -0.116. The SMILES string of the molecule is CC1CCN(c2ccc(NC(=O)CCC3CCCC3)cc2C(=O)NC(C)c2ccccc2)CC1. The first-order valence-electron chi connectivity index (χ1n) is 13.0. The zero-order valence-corrected chi connectivity index (χ0v) is 20.7. The van der Waals surface area contributed by atoms with E-state index in [2.05, 4.69) is 22.5 Å². The van der Waals surface area contributed by atoms with Crippen LogP contribution >= 0.6 is 0 Å². The van der Waals surface area contributed by atoms with Gasteiger partial charge in [0.05, 0.1) is 11.6 Å². The Labute approximate surface area is 204 Å². The number of amides is 2. The largest absolute Gasteiger partial charge is 0.371 e. The summed E-state index contributed by atoms with van der Waals surface area (Å²) in [7, 11) is 0. The summed E-state index contributed by atoms with van der Waals surface area (Å²) in [6.07, 6.45) is 8.84. The van der Waals surface area contributed by atoms with Gasteiger partial charge in [0.1, 0.15) is 0 Å². The van der Waals surface area contributed by atoms with Crippen molar-refractivity contribution in [3.63, 3.8) is 0 Å². The molecule has 182 valence electrons. The molecular formula is C29H39N3O2. The van der Waals surface area contributed by atoms with Crippen molar-refractivity contribution in [2.45, 2.75) is 71.3 Å². The Morgan fingerprint density at radius 2 is 1.71 bits per heavy atom. The normalized spacial score (nSPS) is 18.0. The minimum Gasteiger partial charge on any atom is -0.371 e. The first-order valence-corrected chi connectivity index (χ1v) is 13.0. The summed E-state index contributed by atoms with van der Waals surface area (Å²) >= 11 is 0. The first kappa shape index (κ1) is 24.3. The number of rotatable bonds is 8. The molecule has 1 unspecified atom stereocenters. The molecule has 2 aromatic carbocycles. The van der Waals surface area contributed by atoms with Crippen LogP contribution in [-0.4, -0.2) is 24.9 Å². The van der Waals surface area contributed by atoms with Gasteiger partial charge in [0.15, 0.2) is 0 Å². The molecule has 4 rings (SSSR count). The summed E-state index contributed by atoms with van der Waals surface area (Å²) < 4.78 is 0. The van der Waals surface area contributed by atoms with Crippen molar-refractivity contribution in [3.8, 4) is 0 Å².